The SMILES string of the molecule is CCCOc1ccc(C(NCC)C2CC2)cc1OCCC. The summed E-state index contributed by atoms with van der Waals surface area (Å²) < 4.78 is 11.7. The Labute approximate surface area is 129 Å². The van der Waals surface area contributed by atoms with E-state index in [1.807, 2.05) is 0 Å². The van der Waals surface area contributed by atoms with Crippen LogP contribution >= 0.6 is 0 Å². The Morgan fingerprint density at radius 2 is 1.71 bits per heavy atom. The second kappa shape index (κ2) is 8.28. The van der Waals surface area contributed by atoms with Gasteiger partial charge in [0, 0.05) is 6.04 Å². The largest absolute Gasteiger partial charge is 0.490 e. The van der Waals surface area contributed by atoms with Gasteiger partial charge in [0.25, 0.3) is 0 Å². The number of benzene rings is 1. The molecule has 3 heteroatoms. The summed E-state index contributed by atoms with van der Waals surface area (Å²) in [5.41, 5.74) is 1.33. The zero-order valence-corrected chi connectivity index (χ0v) is 13.7. The molecule has 1 fully saturated rings. The molecule has 0 bridgehead atoms. The molecule has 21 heavy (non-hydrogen) atoms. The molecule has 2 rings (SSSR count). The number of hydrogen-bond acceptors (Lipinski definition) is 3. The highest BCUT2D eigenvalue weighted by Crippen LogP contribution is 2.42. The van der Waals surface area contributed by atoms with Crippen molar-refractivity contribution in [1.82, 2.24) is 5.32 Å². The van der Waals surface area contributed by atoms with Gasteiger partial charge >= 0.3 is 0 Å². The van der Waals surface area contributed by atoms with E-state index in [4.69, 9.17) is 9.47 Å². The van der Waals surface area contributed by atoms with Crippen LogP contribution in [0.1, 0.15) is 58.1 Å². The third-order valence-electron chi connectivity index (χ3n) is 3.77. The molecule has 118 valence electrons. The topological polar surface area (TPSA) is 30.5 Å². The van der Waals surface area contributed by atoms with Crippen LogP contribution in [0.4, 0.5) is 0 Å². The predicted octanol–water partition coefficient (Wildman–Crippen LogP) is 4.32. The summed E-state index contributed by atoms with van der Waals surface area (Å²) in [6.45, 7) is 8.89. The van der Waals surface area contributed by atoms with E-state index in [1.165, 1.54) is 18.4 Å². The minimum absolute atomic E-state index is 0.458. The highest BCUT2D eigenvalue weighted by atomic mass is 16.5. The van der Waals surface area contributed by atoms with E-state index in [0.29, 0.717) is 6.04 Å². The summed E-state index contributed by atoms with van der Waals surface area (Å²) in [7, 11) is 0. The summed E-state index contributed by atoms with van der Waals surface area (Å²) >= 11 is 0. The molecule has 0 radical (unpaired) electrons. The van der Waals surface area contributed by atoms with Gasteiger partial charge in [-0.25, -0.2) is 0 Å². The summed E-state index contributed by atoms with van der Waals surface area (Å²) in [6.07, 6.45) is 4.68. The maximum absolute atomic E-state index is 5.90. The normalized spacial score (nSPS) is 15.8. The van der Waals surface area contributed by atoms with Crippen LogP contribution < -0.4 is 14.8 Å². The van der Waals surface area contributed by atoms with Gasteiger partial charge in [0.1, 0.15) is 0 Å². The molecule has 1 aromatic rings. The van der Waals surface area contributed by atoms with Crippen molar-refractivity contribution in [2.45, 2.75) is 52.5 Å². The quantitative estimate of drug-likeness (QED) is 0.696. The Kier molecular flexibility index (Phi) is 6.37. The van der Waals surface area contributed by atoms with Crippen LogP contribution in [0.3, 0.4) is 0 Å². The molecule has 0 aliphatic heterocycles. The fourth-order valence-corrected chi connectivity index (χ4v) is 2.58. The molecule has 3 nitrogen and oxygen atoms in total. The molecule has 0 aromatic heterocycles. The number of rotatable bonds is 10. The fraction of sp³-hybridized carbons (Fsp3) is 0.667. The molecule has 0 amide bonds. The first-order valence-electron chi connectivity index (χ1n) is 8.43. The third-order valence-corrected chi connectivity index (χ3v) is 3.77. The molecular formula is C18H29NO2. The van der Waals surface area contributed by atoms with E-state index in [9.17, 15) is 0 Å². The highest BCUT2D eigenvalue weighted by molar-refractivity contribution is 5.44. The minimum atomic E-state index is 0.458. The van der Waals surface area contributed by atoms with Crippen LogP contribution in [0.25, 0.3) is 0 Å². The zero-order chi connectivity index (χ0) is 15.1. The van der Waals surface area contributed by atoms with Crippen molar-refractivity contribution < 1.29 is 9.47 Å². The lowest BCUT2D eigenvalue weighted by Gasteiger charge is -2.20. The van der Waals surface area contributed by atoms with Crippen molar-refractivity contribution in [2.24, 2.45) is 5.92 Å². The molecule has 1 atom stereocenters. The lowest BCUT2D eigenvalue weighted by Crippen LogP contribution is -2.22. The summed E-state index contributed by atoms with van der Waals surface area (Å²) in [5.74, 6) is 2.55. The monoisotopic (exact) mass is 291 g/mol. The Hall–Kier alpha value is -1.22. The maximum Gasteiger partial charge on any atom is 0.161 e. The molecule has 1 saturated carbocycles. The van der Waals surface area contributed by atoms with E-state index in [0.717, 1.165) is 50.0 Å². The van der Waals surface area contributed by atoms with Gasteiger partial charge in [-0.3, -0.25) is 0 Å². The Morgan fingerprint density at radius 3 is 2.29 bits per heavy atom. The molecule has 1 aliphatic rings. The van der Waals surface area contributed by atoms with Gasteiger partial charge in [-0.15, -0.1) is 0 Å². The minimum Gasteiger partial charge on any atom is -0.490 e. The van der Waals surface area contributed by atoms with E-state index in [2.05, 4.69) is 44.3 Å². The van der Waals surface area contributed by atoms with Gasteiger partial charge in [0.05, 0.1) is 13.2 Å². The first kappa shape index (κ1) is 16.2. The Morgan fingerprint density at radius 1 is 1.05 bits per heavy atom. The van der Waals surface area contributed by atoms with Crippen molar-refractivity contribution in [3.63, 3.8) is 0 Å². The Bertz CT molecular complexity index is 429. The molecule has 0 heterocycles. The van der Waals surface area contributed by atoms with Crippen LogP contribution in [0.2, 0.25) is 0 Å². The van der Waals surface area contributed by atoms with Gasteiger partial charge in [0.15, 0.2) is 11.5 Å². The number of hydrogen-bond donors (Lipinski definition) is 1. The first-order valence-corrected chi connectivity index (χ1v) is 8.43. The van der Waals surface area contributed by atoms with Gasteiger partial charge in [-0.1, -0.05) is 26.8 Å². The Balaban J connectivity index is 2.17. The van der Waals surface area contributed by atoms with E-state index in [-0.39, 0.29) is 0 Å². The molecule has 1 N–H and O–H groups in total. The highest BCUT2D eigenvalue weighted by Gasteiger charge is 2.32. The van der Waals surface area contributed by atoms with Crippen LogP contribution in [0.5, 0.6) is 11.5 Å². The molecule has 1 aromatic carbocycles. The van der Waals surface area contributed by atoms with Gasteiger partial charge < -0.3 is 14.8 Å². The lowest BCUT2D eigenvalue weighted by atomic mass is 10.0. The molecule has 1 unspecified atom stereocenters. The summed E-state index contributed by atoms with van der Waals surface area (Å²) in [4.78, 5) is 0. The molecular weight excluding hydrogens is 262 g/mol. The predicted molar refractivity (Wildman–Crippen MR) is 87.2 cm³/mol. The van der Waals surface area contributed by atoms with Gasteiger partial charge in [-0.2, -0.15) is 0 Å². The maximum atomic E-state index is 5.90. The van der Waals surface area contributed by atoms with Crippen LogP contribution in [0, 0.1) is 5.92 Å². The van der Waals surface area contributed by atoms with E-state index >= 15 is 0 Å². The molecule has 0 saturated heterocycles. The number of ether oxygens (including phenoxy) is 2. The van der Waals surface area contributed by atoms with Gasteiger partial charge in [-0.05, 0) is 55.8 Å². The summed E-state index contributed by atoms with van der Waals surface area (Å²) in [5, 5.41) is 3.61. The smallest absolute Gasteiger partial charge is 0.161 e. The van der Waals surface area contributed by atoms with E-state index < -0.39 is 0 Å². The first-order chi connectivity index (χ1) is 10.3. The van der Waals surface area contributed by atoms with Crippen molar-refractivity contribution in [3.8, 4) is 11.5 Å². The van der Waals surface area contributed by atoms with Crippen molar-refractivity contribution in [1.29, 1.82) is 0 Å². The van der Waals surface area contributed by atoms with Crippen molar-refractivity contribution in [3.05, 3.63) is 23.8 Å². The molecule has 1 aliphatic carbocycles. The summed E-state index contributed by atoms with van der Waals surface area (Å²) in [6, 6.07) is 6.89. The third kappa shape index (κ3) is 4.63. The zero-order valence-electron chi connectivity index (χ0n) is 13.7. The average molecular weight is 291 g/mol. The van der Waals surface area contributed by atoms with E-state index in [1.54, 1.807) is 0 Å². The second-order valence-corrected chi connectivity index (χ2v) is 5.78. The average Bonchev–Trinajstić information content (AvgIpc) is 3.33. The van der Waals surface area contributed by atoms with Crippen LogP contribution in [0.15, 0.2) is 18.2 Å². The van der Waals surface area contributed by atoms with Crippen molar-refractivity contribution >= 4 is 0 Å². The second-order valence-electron chi connectivity index (χ2n) is 5.78. The van der Waals surface area contributed by atoms with Crippen LogP contribution in [-0.2, 0) is 0 Å². The number of nitrogens with one attached hydrogen (secondary N) is 1. The lowest BCUT2D eigenvalue weighted by molar-refractivity contribution is 0.267. The van der Waals surface area contributed by atoms with Crippen LogP contribution in [-0.4, -0.2) is 19.8 Å². The molecule has 0 spiro atoms. The standard InChI is InChI=1S/C18H29NO2/c1-4-11-20-16-10-9-15(13-17(16)21-12-5-2)18(19-6-3)14-7-8-14/h9-10,13-14,18-19H,4-8,11-12H2,1-3H3. The van der Waals surface area contributed by atoms with Crippen molar-refractivity contribution in [2.75, 3.05) is 19.8 Å². The van der Waals surface area contributed by atoms with Gasteiger partial charge in [0.2, 0.25) is 0 Å². The fourth-order valence-electron chi connectivity index (χ4n) is 2.58.